The molecule has 2 fully saturated rings. The summed E-state index contributed by atoms with van der Waals surface area (Å²) in [6.45, 7) is 10.8. The van der Waals surface area contributed by atoms with Crippen LogP contribution in [0.15, 0.2) is 71.8 Å². The Labute approximate surface area is 239 Å². The van der Waals surface area contributed by atoms with Crippen LogP contribution in [0.25, 0.3) is 5.57 Å². The predicted molar refractivity (Wildman–Crippen MR) is 170 cm³/mol. The lowest BCUT2D eigenvalue weighted by Gasteiger charge is -2.49. The summed E-state index contributed by atoms with van der Waals surface area (Å²) in [7, 11) is 0. The number of nitrogens with zero attached hydrogens (tertiary/aromatic N) is 2. The largest absolute Gasteiger partial charge is 0.300 e. The first-order chi connectivity index (χ1) is 18.8. The molecule has 0 bridgehead atoms. The van der Waals surface area contributed by atoms with E-state index < -0.39 is 6.09 Å². The molecule has 0 aromatic heterocycles. The number of allylic oxidation sites excluding steroid dienone is 3. The molecule has 6 heteroatoms. The molecule has 208 valence electrons. The van der Waals surface area contributed by atoms with E-state index in [1.165, 1.54) is 28.9 Å². The molecule has 1 aliphatic carbocycles. The first kappa shape index (κ1) is 29.8. The number of hydroxylamine groups is 1. The van der Waals surface area contributed by atoms with Gasteiger partial charge in [0.2, 0.25) is 0 Å². The fraction of sp³-hybridized carbons (Fsp3) is 0.455. The highest BCUT2D eigenvalue weighted by atomic mass is 32.7. The Bertz CT molecular complexity index is 1230. The zero-order chi connectivity index (χ0) is 27.9. The van der Waals surface area contributed by atoms with Crippen LogP contribution < -0.4 is 5.48 Å². The Hall–Kier alpha value is -2.22. The van der Waals surface area contributed by atoms with E-state index in [1.807, 2.05) is 11.4 Å². The Balaban J connectivity index is 1.29. The lowest BCUT2D eigenvalue weighted by molar-refractivity contribution is 0.158. The van der Waals surface area contributed by atoms with Crippen molar-refractivity contribution >= 4 is 29.3 Å². The van der Waals surface area contributed by atoms with Crippen LogP contribution in [0.5, 0.6) is 0 Å². The highest BCUT2D eigenvalue weighted by molar-refractivity contribution is 8.61. The van der Waals surface area contributed by atoms with Crippen molar-refractivity contribution in [2.75, 3.05) is 19.8 Å². The number of unbranched alkanes of at least 4 members (excludes halogenated alkanes) is 2. The quantitative estimate of drug-likeness (QED) is 0.112. The maximum atomic E-state index is 9.85. The van der Waals surface area contributed by atoms with Crippen LogP contribution in [-0.2, 0) is 12.8 Å². The van der Waals surface area contributed by atoms with E-state index in [9.17, 15) is 10.5 Å². The van der Waals surface area contributed by atoms with E-state index in [0.29, 0.717) is 0 Å². The van der Waals surface area contributed by atoms with Crippen LogP contribution in [-0.4, -0.2) is 47.4 Å². The lowest BCUT2D eigenvalue weighted by atomic mass is 9.93. The average molecular weight is 562 g/mol. The summed E-state index contributed by atoms with van der Waals surface area (Å²) in [6, 6.07) is 20.4. The molecule has 2 aromatic carbocycles. The third-order valence-electron chi connectivity index (χ3n) is 8.58. The number of nitrogens with one attached hydrogen (secondary N) is 1. The van der Waals surface area contributed by atoms with E-state index in [4.69, 9.17) is 6.30 Å². The first-order valence-corrected chi connectivity index (χ1v) is 18.2. The third-order valence-corrected chi connectivity index (χ3v) is 14.9. The minimum Gasteiger partial charge on any atom is -0.300 e. The first-order valence-electron chi connectivity index (χ1n) is 14.3. The van der Waals surface area contributed by atoms with Crippen LogP contribution in [0, 0.1) is 11.3 Å². The SMILES string of the molecule is C=C(NO)C1(P(=C)(C)Sc2ccc(CCCC/C=C(\C#N)c3ccc(CC)cc3)cc2)CCN(C2CC2)CC1. The summed E-state index contributed by atoms with van der Waals surface area (Å²) in [5, 5.41) is 19.3. The number of benzene rings is 2. The lowest BCUT2D eigenvalue weighted by Crippen LogP contribution is -2.47. The molecule has 1 aliphatic heterocycles. The number of rotatable bonds is 13. The molecule has 0 spiro atoms. The average Bonchev–Trinajstić information content (AvgIpc) is 3.81. The Morgan fingerprint density at radius 3 is 2.33 bits per heavy atom. The molecule has 0 amide bonds. The molecule has 1 atom stereocenters. The number of likely N-dealkylation sites (tertiary alicyclic amines) is 1. The molecule has 4 nitrogen and oxygen atoms in total. The van der Waals surface area contributed by atoms with E-state index >= 15 is 0 Å². The Kier molecular flexibility index (Phi) is 10.2. The van der Waals surface area contributed by atoms with Gasteiger partial charge in [0.15, 0.2) is 0 Å². The van der Waals surface area contributed by atoms with E-state index in [0.717, 1.165) is 80.9 Å². The highest BCUT2D eigenvalue weighted by Gasteiger charge is 2.47. The summed E-state index contributed by atoms with van der Waals surface area (Å²) < 4.78 is 0. The molecular formula is C33H44N3OPS. The van der Waals surface area contributed by atoms with Gasteiger partial charge in [-0.25, -0.2) is 0 Å². The van der Waals surface area contributed by atoms with Gasteiger partial charge in [0.1, 0.15) is 0 Å². The number of nitriles is 1. The van der Waals surface area contributed by atoms with Gasteiger partial charge in [-0.15, -0.1) is 0 Å². The molecule has 2 aromatic rings. The van der Waals surface area contributed by atoms with Crippen molar-refractivity contribution in [1.82, 2.24) is 10.4 Å². The van der Waals surface area contributed by atoms with Crippen molar-refractivity contribution in [3.63, 3.8) is 0 Å². The zero-order valence-electron chi connectivity index (χ0n) is 23.7. The Morgan fingerprint density at radius 1 is 1.13 bits per heavy atom. The second-order valence-electron chi connectivity index (χ2n) is 11.3. The van der Waals surface area contributed by atoms with Crippen molar-refractivity contribution < 1.29 is 5.21 Å². The molecule has 0 radical (unpaired) electrons. The van der Waals surface area contributed by atoms with Gasteiger partial charge in [-0.2, -0.15) is 5.26 Å². The summed E-state index contributed by atoms with van der Waals surface area (Å²) in [6.07, 6.45) is 14.9. The standard InChI is InChI=1S/C33H44N3OPS/c1-5-27-11-15-29(16-12-27)30(25-34)10-8-6-7-9-28-13-19-32(20-14-28)39-38(3,4)33(26(2)35-37)21-23-36(24-22-33)31-17-18-31/h10-16,19-20,31,35,37H,2-3,5-9,17-18,21-24H2,1,4H3/b30-10+. The van der Waals surface area contributed by atoms with Gasteiger partial charge in [-0.05, 0) is 112 Å². The van der Waals surface area contributed by atoms with Crippen LogP contribution in [0.1, 0.15) is 68.6 Å². The maximum Gasteiger partial charge on any atom is 0.0994 e. The van der Waals surface area contributed by atoms with Gasteiger partial charge in [-0.1, -0.05) is 73.7 Å². The van der Waals surface area contributed by atoms with Crippen LogP contribution >= 0.6 is 17.5 Å². The minimum atomic E-state index is -1.78. The molecule has 4 rings (SSSR count). The van der Waals surface area contributed by atoms with E-state index in [-0.39, 0.29) is 5.16 Å². The molecule has 1 unspecified atom stereocenters. The van der Waals surface area contributed by atoms with Crippen molar-refractivity contribution in [1.29, 1.82) is 5.26 Å². The summed E-state index contributed by atoms with van der Waals surface area (Å²) in [4.78, 5) is 3.86. The normalized spacial score (nSPS) is 19.2. The smallest absolute Gasteiger partial charge is 0.0994 e. The van der Waals surface area contributed by atoms with Crippen LogP contribution in [0.3, 0.4) is 0 Å². The van der Waals surface area contributed by atoms with Crippen LogP contribution in [0.4, 0.5) is 0 Å². The summed E-state index contributed by atoms with van der Waals surface area (Å²) in [5.74, 6) is 0. The number of piperidine rings is 1. The highest BCUT2D eigenvalue weighted by Crippen LogP contribution is 2.72. The van der Waals surface area contributed by atoms with E-state index in [2.05, 4.69) is 91.2 Å². The van der Waals surface area contributed by atoms with Crippen molar-refractivity contribution in [3.05, 3.63) is 83.6 Å². The summed E-state index contributed by atoms with van der Waals surface area (Å²) >= 11 is 1.90. The summed E-state index contributed by atoms with van der Waals surface area (Å²) in [5.41, 5.74) is 7.59. The Morgan fingerprint density at radius 2 is 1.77 bits per heavy atom. The molecule has 2 N–H and O–H groups in total. The molecule has 1 heterocycles. The number of aryl methyl sites for hydroxylation is 2. The molecule has 39 heavy (non-hydrogen) atoms. The van der Waals surface area contributed by atoms with E-state index in [1.54, 1.807) is 0 Å². The monoisotopic (exact) mass is 561 g/mol. The molecule has 1 saturated carbocycles. The number of hydrogen-bond donors (Lipinski definition) is 2. The molecular weight excluding hydrogens is 517 g/mol. The van der Waals surface area contributed by atoms with Crippen molar-refractivity contribution in [2.24, 2.45) is 0 Å². The van der Waals surface area contributed by atoms with Crippen molar-refractivity contribution in [2.45, 2.75) is 80.8 Å². The van der Waals surface area contributed by atoms with Crippen LogP contribution in [0.2, 0.25) is 0 Å². The van der Waals surface area contributed by atoms with Gasteiger partial charge < -0.3 is 4.90 Å². The third kappa shape index (κ3) is 7.30. The zero-order valence-corrected chi connectivity index (χ0v) is 25.4. The van der Waals surface area contributed by atoms with Gasteiger partial charge in [0.25, 0.3) is 0 Å². The van der Waals surface area contributed by atoms with Gasteiger partial charge >= 0.3 is 0 Å². The second-order valence-corrected chi connectivity index (χ2v) is 17.9. The van der Waals surface area contributed by atoms with Crippen molar-refractivity contribution in [3.8, 4) is 6.07 Å². The fourth-order valence-corrected chi connectivity index (χ4v) is 11.6. The van der Waals surface area contributed by atoms with Gasteiger partial charge in [0.05, 0.1) is 11.6 Å². The second kappa shape index (κ2) is 13.4. The van der Waals surface area contributed by atoms with Gasteiger partial charge in [-0.3, -0.25) is 10.7 Å². The molecule has 1 saturated heterocycles. The fourth-order valence-electron chi connectivity index (χ4n) is 5.77. The molecule has 2 aliphatic rings. The number of hydrogen-bond acceptors (Lipinski definition) is 5. The maximum absolute atomic E-state index is 9.85. The topological polar surface area (TPSA) is 59.3 Å². The predicted octanol–water partition coefficient (Wildman–Crippen LogP) is 8.14. The minimum absolute atomic E-state index is 0.162. The van der Waals surface area contributed by atoms with Gasteiger partial charge in [0, 0.05) is 21.8 Å².